The standard InChI is InChI=1S/C18H18N2O3/c1-18(2,3)23-17(22)20-14-9-5-4-7-12(14)11-15(20)13-8-6-10-16(21)19-13/h4-11H,1-3H3,(H,19,21). The molecule has 0 aliphatic heterocycles. The third-order valence-electron chi connectivity index (χ3n) is 3.33. The van der Waals surface area contributed by atoms with E-state index in [-0.39, 0.29) is 5.56 Å². The van der Waals surface area contributed by atoms with Crippen LogP contribution in [0, 0.1) is 0 Å². The molecule has 2 heterocycles. The zero-order valence-corrected chi connectivity index (χ0v) is 13.3. The Hall–Kier alpha value is -2.82. The summed E-state index contributed by atoms with van der Waals surface area (Å²) in [6, 6.07) is 14.3. The van der Waals surface area contributed by atoms with Gasteiger partial charge in [0.25, 0.3) is 0 Å². The number of carbonyl (C=O) groups excluding carboxylic acids is 1. The van der Waals surface area contributed by atoms with Gasteiger partial charge in [0.1, 0.15) is 5.60 Å². The van der Waals surface area contributed by atoms with Gasteiger partial charge in [0.2, 0.25) is 5.56 Å². The Kier molecular flexibility index (Phi) is 3.56. The van der Waals surface area contributed by atoms with E-state index in [4.69, 9.17) is 4.74 Å². The molecular weight excluding hydrogens is 292 g/mol. The number of ether oxygens (including phenoxy) is 1. The predicted octanol–water partition coefficient (Wildman–Crippen LogP) is 3.78. The summed E-state index contributed by atoms with van der Waals surface area (Å²) in [7, 11) is 0. The Morgan fingerprint density at radius 3 is 2.52 bits per heavy atom. The lowest BCUT2D eigenvalue weighted by Crippen LogP contribution is -2.27. The van der Waals surface area contributed by atoms with Crippen molar-refractivity contribution in [1.29, 1.82) is 0 Å². The van der Waals surface area contributed by atoms with Crippen molar-refractivity contribution in [3.63, 3.8) is 0 Å². The highest BCUT2D eigenvalue weighted by Gasteiger charge is 2.22. The van der Waals surface area contributed by atoms with Crippen LogP contribution in [0.1, 0.15) is 20.8 Å². The molecule has 5 nitrogen and oxygen atoms in total. The first-order valence-electron chi connectivity index (χ1n) is 7.39. The molecule has 0 saturated heterocycles. The molecular formula is C18H18N2O3. The number of aromatic nitrogens is 2. The van der Waals surface area contributed by atoms with E-state index in [9.17, 15) is 9.59 Å². The number of nitrogens with one attached hydrogen (secondary N) is 1. The van der Waals surface area contributed by atoms with Crippen molar-refractivity contribution in [3.05, 3.63) is 58.9 Å². The average molecular weight is 310 g/mol. The Labute approximate surface area is 133 Å². The number of para-hydroxylation sites is 1. The third-order valence-corrected chi connectivity index (χ3v) is 3.33. The van der Waals surface area contributed by atoms with Gasteiger partial charge < -0.3 is 9.72 Å². The normalized spacial score (nSPS) is 11.6. The number of hydrogen-bond acceptors (Lipinski definition) is 3. The Morgan fingerprint density at radius 2 is 1.83 bits per heavy atom. The van der Waals surface area contributed by atoms with Gasteiger partial charge in [-0.2, -0.15) is 0 Å². The fraction of sp³-hybridized carbons (Fsp3) is 0.222. The quantitative estimate of drug-likeness (QED) is 0.744. The van der Waals surface area contributed by atoms with E-state index in [1.54, 1.807) is 12.1 Å². The Balaban J connectivity index is 2.23. The van der Waals surface area contributed by atoms with Gasteiger partial charge in [-0.3, -0.25) is 4.79 Å². The lowest BCUT2D eigenvalue weighted by Gasteiger charge is -2.21. The Bertz CT molecular complexity index is 929. The van der Waals surface area contributed by atoms with Crippen molar-refractivity contribution >= 4 is 17.0 Å². The summed E-state index contributed by atoms with van der Waals surface area (Å²) in [5.41, 5.74) is 1.08. The zero-order chi connectivity index (χ0) is 16.6. The molecule has 0 unspecified atom stereocenters. The molecule has 0 aliphatic rings. The van der Waals surface area contributed by atoms with Gasteiger partial charge in [-0.15, -0.1) is 0 Å². The first-order valence-corrected chi connectivity index (χ1v) is 7.39. The first-order chi connectivity index (χ1) is 10.8. The molecule has 1 N–H and O–H groups in total. The minimum atomic E-state index is -0.607. The highest BCUT2D eigenvalue weighted by Crippen LogP contribution is 2.27. The molecule has 23 heavy (non-hydrogen) atoms. The fourth-order valence-corrected chi connectivity index (χ4v) is 2.45. The van der Waals surface area contributed by atoms with Gasteiger partial charge in [0.15, 0.2) is 0 Å². The molecule has 0 aliphatic carbocycles. The van der Waals surface area contributed by atoms with Crippen LogP contribution in [0.5, 0.6) is 0 Å². The van der Waals surface area contributed by atoms with Crippen molar-refractivity contribution < 1.29 is 9.53 Å². The van der Waals surface area contributed by atoms with Crippen molar-refractivity contribution in [1.82, 2.24) is 9.55 Å². The second-order valence-corrected chi connectivity index (χ2v) is 6.33. The van der Waals surface area contributed by atoms with Crippen LogP contribution in [0.15, 0.2) is 53.3 Å². The number of pyridine rings is 1. The van der Waals surface area contributed by atoms with Crippen LogP contribution in [0.4, 0.5) is 4.79 Å². The molecule has 0 atom stereocenters. The predicted molar refractivity (Wildman–Crippen MR) is 89.6 cm³/mol. The van der Waals surface area contributed by atoms with Crippen molar-refractivity contribution in [2.45, 2.75) is 26.4 Å². The molecule has 0 fully saturated rings. The van der Waals surface area contributed by atoms with Gasteiger partial charge in [0, 0.05) is 11.5 Å². The third kappa shape index (κ3) is 3.04. The maximum absolute atomic E-state index is 12.7. The summed E-state index contributed by atoms with van der Waals surface area (Å²) < 4.78 is 7.01. The van der Waals surface area contributed by atoms with Gasteiger partial charge >= 0.3 is 6.09 Å². The topological polar surface area (TPSA) is 64.1 Å². The van der Waals surface area contributed by atoms with Crippen molar-refractivity contribution in [3.8, 4) is 11.4 Å². The van der Waals surface area contributed by atoms with Crippen LogP contribution < -0.4 is 5.56 Å². The van der Waals surface area contributed by atoms with Gasteiger partial charge in [-0.05, 0) is 39.0 Å². The van der Waals surface area contributed by atoms with E-state index in [0.717, 1.165) is 10.9 Å². The SMILES string of the molecule is CC(C)(C)OC(=O)n1c(-c2cccc(=O)[nH]2)cc2ccccc21. The summed E-state index contributed by atoms with van der Waals surface area (Å²) in [4.78, 5) is 27.0. The number of rotatable bonds is 1. The van der Waals surface area contributed by atoms with E-state index in [1.807, 2.05) is 51.1 Å². The highest BCUT2D eigenvalue weighted by atomic mass is 16.6. The highest BCUT2D eigenvalue weighted by molar-refractivity contribution is 5.95. The van der Waals surface area contributed by atoms with Crippen LogP contribution in [-0.2, 0) is 4.74 Å². The van der Waals surface area contributed by atoms with E-state index >= 15 is 0 Å². The van der Waals surface area contributed by atoms with Gasteiger partial charge in [-0.25, -0.2) is 9.36 Å². The molecule has 3 rings (SSSR count). The van der Waals surface area contributed by atoms with Crippen molar-refractivity contribution in [2.24, 2.45) is 0 Å². The van der Waals surface area contributed by atoms with E-state index < -0.39 is 11.7 Å². The number of aromatic amines is 1. The number of carbonyl (C=O) groups is 1. The number of nitrogens with zero attached hydrogens (tertiary/aromatic N) is 1. The van der Waals surface area contributed by atoms with Crippen LogP contribution in [0.3, 0.4) is 0 Å². The molecule has 5 heteroatoms. The maximum atomic E-state index is 12.7. The summed E-state index contributed by atoms with van der Waals surface area (Å²) in [6.07, 6.45) is -0.474. The van der Waals surface area contributed by atoms with Crippen molar-refractivity contribution in [2.75, 3.05) is 0 Å². The smallest absolute Gasteiger partial charge is 0.419 e. The molecule has 118 valence electrons. The maximum Gasteiger partial charge on any atom is 0.419 e. The number of hydrogen-bond donors (Lipinski definition) is 1. The minimum Gasteiger partial charge on any atom is -0.443 e. The molecule has 0 spiro atoms. The van der Waals surface area contributed by atoms with E-state index in [0.29, 0.717) is 11.4 Å². The van der Waals surface area contributed by atoms with Crippen LogP contribution in [-0.4, -0.2) is 21.2 Å². The molecule has 0 bridgehead atoms. The molecule has 3 aromatic rings. The number of fused-ring (bicyclic) bond motifs is 1. The van der Waals surface area contributed by atoms with Gasteiger partial charge in [-0.1, -0.05) is 24.3 Å². The molecule has 0 radical (unpaired) electrons. The van der Waals surface area contributed by atoms with Crippen LogP contribution in [0.25, 0.3) is 22.3 Å². The van der Waals surface area contributed by atoms with E-state index in [2.05, 4.69) is 4.98 Å². The molecule has 0 amide bonds. The Morgan fingerprint density at radius 1 is 1.09 bits per heavy atom. The molecule has 1 aromatic carbocycles. The number of H-pyrrole nitrogens is 1. The fourth-order valence-electron chi connectivity index (χ4n) is 2.45. The van der Waals surface area contributed by atoms with Crippen LogP contribution in [0.2, 0.25) is 0 Å². The largest absolute Gasteiger partial charge is 0.443 e. The van der Waals surface area contributed by atoms with E-state index in [1.165, 1.54) is 10.6 Å². The van der Waals surface area contributed by atoms with Crippen LogP contribution >= 0.6 is 0 Å². The lowest BCUT2D eigenvalue weighted by atomic mass is 10.2. The molecule has 2 aromatic heterocycles. The van der Waals surface area contributed by atoms with Gasteiger partial charge in [0.05, 0.1) is 16.9 Å². The summed E-state index contributed by atoms with van der Waals surface area (Å²) in [6.45, 7) is 5.46. The number of benzene rings is 1. The second kappa shape index (κ2) is 5.43. The lowest BCUT2D eigenvalue weighted by molar-refractivity contribution is 0.0547. The second-order valence-electron chi connectivity index (χ2n) is 6.33. The average Bonchev–Trinajstić information content (AvgIpc) is 2.85. The summed E-state index contributed by atoms with van der Waals surface area (Å²) in [5, 5.41) is 0.901. The molecule has 0 saturated carbocycles. The first kappa shape index (κ1) is 15.1. The summed E-state index contributed by atoms with van der Waals surface area (Å²) >= 11 is 0. The monoisotopic (exact) mass is 310 g/mol. The minimum absolute atomic E-state index is 0.219. The zero-order valence-electron chi connectivity index (χ0n) is 13.3. The summed E-state index contributed by atoms with van der Waals surface area (Å²) in [5.74, 6) is 0.